The zero-order chi connectivity index (χ0) is 17.7. The molecule has 0 spiro atoms. The summed E-state index contributed by atoms with van der Waals surface area (Å²) >= 11 is 0. The minimum Gasteiger partial charge on any atom is -0.497 e. The third-order valence-electron chi connectivity index (χ3n) is 3.23. The van der Waals surface area contributed by atoms with Crippen LogP contribution < -0.4 is 9.47 Å². The topological polar surface area (TPSA) is 55.8 Å². The van der Waals surface area contributed by atoms with Crippen molar-refractivity contribution >= 4 is 17.6 Å². The molecule has 0 amide bonds. The molecule has 0 aliphatic rings. The van der Waals surface area contributed by atoms with Gasteiger partial charge in [-0.15, -0.1) is 0 Å². The van der Waals surface area contributed by atoms with Crippen molar-refractivity contribution in [2.24, 2.45) is 0 Å². The van der Waals surface area contributed by atoms with Crippen LogP contribution in [0.4, 0.5) is 0 Å². The monoisotopic (exact) mass is 326 g/mol. The second-order valence-corrected chi connectivity index (χ2v) is 6.38. The Balaban J connectivity index is 2.32. The maximum Gasteiger partial charge on any atom is 0.336 e. The summed E-state index contributed by atoms with van der Waals surface area (Å²) in [5.41, 5.74) is 1.32. The molecule has 0 radical (unpaired) electrons. The van der Waals surface area contributed by atoms with Gasteiger partial charge in [0.05, 0.1) is 12.7 Å². The van der Waals surface area contributed by atoms with Gasteiger partial charge in [0.1, 0.15) is 17.1 Å². The number of ether oxygens (including phenoxy) is 2. The maximum atomic E-state index is 11.6. The van der Waals surface area contributed by atoms with E-state index in [0.717, 1.165) is 11.3 Å². The summed E-state index contributed by atoms with van der Waals surface area (Å²) in [5.74, 6) is 0.379. The van der Waals surface area contributed by atoms with Gasteiger partial charge in [-0.1, -0.05) is 24.3 Å². The van der Waals surface area contributed by atoms with E-state index in [1.54, 1.807) is 37.5 Å². The molecular formula is C20H22O4. The molecule has 0 aliphatic heterocycles. The van der Waals surface area contributed by atoms with Crippen molar-refractivity contribution in [2.75, 3.05) is 7.11 Å². The molecule has 0 unspecified atom stereocenters. The third-order valence-corrected chi connectivity index (χ3v) is 3.23. The number of benzene rings is 2. The summed E-state index contributed by atoms with van der Waals surface area (Å²) < 4.78 is 10.9. The summed E-state index contributed by atoms with van der Waals surface area (Å²) in [6, 6.07) is 14.3. The molecule has 2 aromatic rings. The van der Waals surface area contributed by atoms with Gasteiger partial charge in [-0.2, -0.15) is 0 Å². The molecule has 0 saturated carbocycles. The predicted molar refractivity (Wildman–Crippen MR) is 95.3 cm³/mol. The first-order valence-electron chi connectivity index (χ1n) is 7.67. The number of carbonyl (C=O) groups is 1. The summed E-state index contributed by atoms with van der Waals surface area (Å²) in [4.78, 5) is 11.6. The third kappa shape index (κ3) is 4.88. The van der Waals surface area contributed by atoms with Crippen LogP contribution in [0.25, 0.3) is 11.6 Å². The lowest BCUT2D eigenvalue weighted by molar-refractivity contribution is -0.130. The van der Waals surface area contributed by atoms with E-state index in [0.29, 0.717) is 11.3 Å². The Kier molecular flexibility index (Phi) is 5.29. The van der Waals surface area contributed by atoms with E-state index in [4.69, 9.17) is 9.47 Å². The lowest BCUT2D eigenvalue weighted by atomic mass is 10.0. The van der Waals surface area contributed by atoms with Crippen molar-refractivity contribution in [3.8, 4) is 11.5 Å². The van der Waals surface area contributed by atoms with Crippen LogP contribution in [0, 0.1) is 0 Å². The molecule has 0 aromatic heterocycles. The van der Waals surface area contributed by atoms with Gasteiger partial charge in [0.25, 0.3) is 0 Å². The number of aliphatic carboxylic acids is 1. The van der Waals surface area contributed by atoms with Crippen molar-refractivity contribution in [3.05, 3.63) is 59.7 Å². The molecule has 0 saturated heterocycles. The average molecular weight is 326 g/mol. The van der Waals surface area contributed by atoms with E-state index in [1.165, 1.54) is 0 Å². The Morgan fingerprint density at radius 1 is 1.04 bits per heavy atom. The van der Waals surface area contributed by atoms with Gasteiger partial charge < -0.3 is 14.6 Å². The van der Waals surface area contributed by atoms with Crippen molar-refractivity contribution in [1.29, 1.82) is 0 Å². The molecule has 1 N–H and O–H groups in total. The number of rotatable bonds is 5. The fraction of sp³-hybridized carbons (Fsp3) is 0.250. The lowest BCUT2D eigenvalue weighted by Crippen LogP contribution is -2.22. The summed E-state index contributed by atoms with van der Waals surface area (Å²) in [6.07, 6.45) is 1.64. The number of methoxy groups -OCH3 is 1. The van der Waals surface area contributed by atoms with Gasteiger partial charge in [-0.05, 0) is 62.2 Å². The van der Waals surface area contributed by atoms with Crippen LogP contribution in [-0.2, 0) is 4.79 Å². The molecule has 4 heteroatoms. The highest BCUT2D eigenvalue weighted by Gasteiger charge is 2.13. The van der Waals surface area contributed by atoms with E-state index in [1.807, 2.05) is 45.0 Å². The highest BCUT2D eigenvalue weighted by atomic mass is 16.5. The zero-order valence-electron chi connectivity index (χ0n) is 14.4. The molecule has 0 fully saturated rings. The Hall–Kier alpha value is -2.75. The highest BCUT2D eigenvalue weighted by Crippen LogP contribution is 2.24. The Morgan fingerprint density at radius 3 is 2.25 bits per heavy atom. The molecule has 0 aliphatic carbocycles. The van der Waals surface area contributed by atoms with Crippen LogP contribution in [-0.4, -0.2) is 23.8 Å². The first-order chi connectivity index (χ1) is 11.3. The van der Waals surface area contributed by atoms with Crippen LogP contribution in [0.2, 0.25) is 0 Å². The quantitative estimate of drug-likeness (QED) is 0.649. The minimum atomic E-state index is -0.988. The number of hydrogen-bond donors (Lipinski definition) is 1. The molecule has 126 valence electrons. The summed E-state index contributed by atoms with van der Waals surface area (Å²) in [5, 5.41) is 9.53. The normalized spacial score (nSPS) is 11.9. The second kappa shape index (κ2) is 7.21. The van der Waals surface area contributed by atoms with Crippen LogP contribution in [0.15, 0.2) is 48.5 Å². The largest absolute Gasteiger partial charge is 0.497 e. The molecule has 0 heterocycles. The molecule has 0 atom stereocenters. The Labute approximate surface area is 142 Å². The molecule has 0 bridgehead atoms. The summed E-state index contributed by atoms with van der Waals surface area (Å²) in [6.45, 7) is 5.93. The van der Waals surface area contributed by atoms with Crippen LogP contribution in [0.1, 0.15) is 31.9 Å². The smallest absolute Gasteiger partial charge is 0.336 e. The van der Waals surface area contributed by atoms with E-state index >= 15 is 0 Å². The van der Waals surface area contributed by atoms with Gasteiger partial charge in [0, 0.05) is 0 Å². The second-order valence-electron chi connectivity index (χ2n) is 6.38. The fourth-order valence-electron chi connectivity index (χ4n) is 2.21. The van der Waals surface area contributed by atoms with Gasteiger partial charge in [0.2, 0.25) is 0 Å². The van der Waals surface area contributed by atoms with Crippen LogP contribution in [0.5, 0.6) is 11.5 Å². The number of carboxylic acid groups (broad SMARTS) is 1. The van der Waals surface area contributed by atoms with Crippen LogP contribution >= 0.6 is 0 Å². The average Bonchev–Trinajstić information content (AvgIpc) is 2.52. The first-order valence-corrected chi connectivity index (χ1v) is 7.67. The van der Waals surface area contributed by atoms with E-state index in [9.17, 15) is 9.90 Å². The molecular weight excluding hydrogens is 304 g/mol. The van der Waals surface area contributed by atoms with E-state index in [2.05, 4.69) is 0 Å². The number of hydrogen-bond acceptors (Lipinski definition) is 3. The standard InChI is InChI=1S/C20H22O4/c1-20(2,3)24-16-10-8-14(9-11-16)12-18(19(21)22)15-6-5-7-17(13-15)23-4/h5-13H,1-4H3,(H,21,22)/b18-12-. The van der Waals surface area contributed by atoms with E-state index < -0.39 is 5.97 Å². The van der Waals surface area contributed by atoms with Gasteiger partial charge >= 0.3 is 5.97 Å². The fourth-order valence-corrected chi connectivity index (χ4v) is 2.21. The Morgan fingerprint density at radius 2 is 1.71 bits per heavy atom. The minimum absolute atomic E-state index is 0.207. The zero-order valence-corrected chi connectivity index (χ0v) is 14.4. The van der Waals surface area contributed by atoms with Gasteiger partial charge in [0.15, 0.2) is 0 Å². The maximum absolute atomic E-state index is 11.6. The molecule has 2 aromatic carbocycles. The highest BCUT2D eigenvalue weighted by molar-refractivity contribution is 6.20. The summed E-state index contributed by atoms with van der Waals surface area (Å²) in [7, 11) is 1.55. The first kappa shape index (κ1) is 17.6. The lowest BCUT2D eigenvalue weighted by Gasteiger charge is -2.21. The van der Waals surface area contributed by atoms with Gasteiger partial charge in [-0.3, -0.25) is 0 Å². The molecule has 4 nitrogen and oxygen atoms in total. The number of carboxylic acids is 1. The SMILES string of the molecule is COc1cccc(/C(=C/c2ccc(OC(C)(C)C)cc2)C(=O)O)c1. The van der Waals surface area contributed by atoms with E-state index in [-0.39, 0.29) is 11.2 Å². The van der Waals surface area contributed by atoms with Crippen molar-refractivity contribution in [1.82, 2.24) is 0 Å². The predicted octanol–water partition coefficient (Wildman–Crippen LogP) is 4.50. The van der Waals surface area contributed by atoms with Crippen LogP contribution in [0.3, 0.4) is 0 Å². The molecule has 2 rings (SSSR count). The van der Waals surface area contributed by atoms with Crippen molar-refractivity contribution in [3.63, 3.8) is 0 Å². The van der Waals surface area contributed by atoms with Crippen molar-refractivity contribution in [2.45, 2.75) is 26.4 Å². The Bertz CT molecular complexity index is 737. The van der Waals surface area contributed by atoms with Crippen molar-refractivity contribution < 1.29 is 19.4 Å². The van der Waals surface area contributed by atoms with Gasteiger partial charge in [-0.25, -0.2) is 4.79 Å². The molecule has 24 heavy (non-hydrogen) atoms.